The zero-order valence-corrected chi connectivity index (χ0v) is 17.0. The van der Waals surface area contributed by atoms with E-state index < -0.39 is 0 Å². The Bertz CT molecular complexity index is 781. The number of carbonyl (C=O) groups is 1. The van der Waals surface area contributed by atoms with Crippen LogP contribution in [0.3, 0.4) is 0 Å². The molecule has 2 aromatic rings. The Hall–Kier alpha value is -1.24. The van der Waals surface area contributed by atoms with Crippen molar-refractivity contribution >= 4 is 40.9 Å². The molecule has 2 heterocycles. The molecule has 0 saturated carbocycles. The molecule has 1 aromatic heterocycles. The summed E-state index contributed by atoms with van der Waals surface area (Å²) in [4.78, 5) is 13.2. The van der Waals surface area contributed by atoms with Crippen LogP contribution in [-0.4, -0.2) is 32.5 Å². The highest BCUT2D eigenvalue weighted by Crippen LogP contribution is 2.32. The summed E-state index contributed by atoms with van der Waals surface area (Å²) in [5.41, 5.74) is 0. The molecule has 0 bridgehead atoms. The first-order valence-electron chi connectivity index (χ1n) is 8.85. The lowest BCUT2D eigenvalue weighted by molar-refractivity contribution is -0.120. The molecule has 140 valence electrons. The SMILES string of the molecule is C[C@H](Sc1cc(Cl)ccc1Cl)C(=O)NCCc1nnc2n1CCCCC2. The molecular formula is C18H22Cl2N4OS. The second-order valence-electron chi connectivity index (χ2n) is 6.37. The molecule has 0 saturated heterocycles. The molecule has 5 nitrogen and oxygen atoms in total. The minimum atomic E-state index is -0.263. The quantitative estimate of drug-likeness (QED) is 0.723. The Morgan fingerprint density at radius 2 is 2.15 bits per heavy atom. The van der Waals surface area contributed by atoms with Gasteiger partial charge in [-0.3, -0.25) is 4.79 Å². The summed E-state index contributed by atoms with van der Waals surface area (Å²) in [6.45, 7) is 3.39. The normalized spacial score (nSPS) is 15.2. The average molecular weight is 413 g/mol. The van der Waals surface area contributed by atoms with Crippen LogP contribution in [0.1, 0.15) is 37.8 Å². The van der Waals surface area contributed by atoms with Crippen molar-refractivity contribution < 1.29 is 4.79 Å². The number of carbonyl (C=O) groups excluding carboxylic acids is 1. The van der Waals surface area contributed by atoms with Gasteiger partial charge in [-0.15, -0.1) is 22.0 Å². The zero-order valence-electron chi connectivity index (χ0n) is 14.7. The fourth-order valence-electron chi connectivity index (χ4n) is 2.98. The number of aryl methyl sites for hydroxylation is 1. The van der Waals surface area contributed by atoms with Gasteiger partial charge >= 0.3 is 0 Å². The molecule has 1 aliphatic heterocycles. The van der Waals surface area contributed by atoms with Gasteiger partial charge in [0.15, 0.2) is 0 Å². The van der Waals surface area contributed by atoms with Gasteiger partial charge in [0, 0.05) is 35.8 Å². The fourth-order valence-corrected chi connectivity index (χ4v) is 4.42. The van der Waals surface area contributed by atoms with Gasteiger partial charge in [0.25, 0.3) is 0 Å². The van der Waals surface area contributed by atoms with E-state index in [0.717, 1.165) is 29.5 Å². The maximum absolute atomic E-state index is 12.4. The van der Waals surface area contributed by atoms with Crippen LogP contribution in [0.4, 0.5) is 0 Å². The third-order valence-corrected chi connectivity index (χ3v) is 6.24. The largest absolute Gasteiger partial charge is 0.355 e. The van der Waals surface area contributed by atoms with E-state index in [1.54, 1.807) is 18.2 Å². The van der Waals surface area contributed by atoms with Crippen molar-refractivity contribution in [3.05, 3.63) is 39.9 Å². The summed E-state index contributed by atoms with van der Waals surface area (Å²) in [7, 11) is 0. The molecule has 0 radical (unpaired) electrons. The van der Waals surface area contributed by atoms with Crippen molar-refractivity contribution in [2.75, 3.05) is 6.54 Å². The van der Waals surface area contributed by atoms with Gasteiger partial charge in [0.05, 0.1) is 10.3 Å². The lowest BCUT2D eigenvalue weighted by atomic mass is 10.2. The Balaban J connectivity index is 1.51. The van der Waals surface area contributed by atoms with Crippen LogP contribution < -0.4 is 5.32 Å². The molecule has 0 unspecified atom stereocenters. The summed E-state index contributed by atoms with van der Waals surface area (Å²) >= 11 is 13.6. The minimum Gasteiger partial charge on any atom is -0.355 e. The van der Waals surface area contributed by atoms with Crippen LogP contribution >= 0.6 is 35.0 Å². The number of nitrogens with one attached hydrogen (secondary N) is 1. The Kier molecular flexibility index (Phi) is 6.84. The van der Waals surface area contributed by atoms with Gasteiger partial charge in [-0.2, -0.15) is 0 Å². The van der Waals surface area contributed by atoms with E-state index in [4.69, 9.17) is 23.2 Å². The topological polar surface area (TPSA) is 59.8 Å². The number of halogens is 2. The second kappa shape index (κ2) is 9.11. The fraction of sp³-hybridized carbons (Fsp3) is 0.500. The van der Waals surface area contributed by atoms with Gasteiger partial charge in [0.2, 0.25) is 5.91 Å². The van der Waals surface area contributed by atoms with Crippen LogP contribution in [0.2, 0.25) is 10.0 Å². The maximum Gasteiger partial charge on any atom is 0.233 e. The van der Waals surface area contributed by atoms with Crippen molar-refractivity contribution in [1.82, 2.24) is 20.1 Å². The molecule has 3 rings (SSSR count). The molecule has 26 heavy (non-hydrogen) atoms. The van der Waals surface area contributed by atoms with E-state index in [0.29, 0.717) is 23.0 Å². The molecular weight excluding hydrogens is 391 g/mol. The van der Waals surface area contributed by atoms with Crippen molar-refractivity contribution in [2.24, 2.45) is 0 Å². The molecule has 1 atom stereocenters. The van der Waals surface area contributed by atoms with Gasteiger partial charge in [0.1, 0.15) is 11.6 Å². The zero-order chi connectivity index (χ0) is 18.5. The number of nitrogens with zero attached hydrogens (tertiary/aromatic N) is 3. The smallest absolute Gasteiger partial charge is 0.233 e. The Morgan fingerprint density at radius 1 is 1.31 bits per heavy atom. The lowest BCUT2D eigenvalue weighted by Gasteiger charge is -2.13. The highest BCUT2D eigenvalue weighted by atomic mass is 35.5. The van der Waals surface area contributed by atoms with Gasteiger partial charge in [-0.25, -0.2) is 0 Å². The van der Waals surface area contributed by atoms with Crippen molar-refractivity contribution in [3.8, 4) is 0 Å². The van der Waals surface area contributed by atoms with Gasteiger partial charge < -0.3 is 9.88 Å². The molecule has 1 N–H and O–H groups in total. The standard InChI is InChI=1S/C18H22Cl2N4OS/c1-12(26-15-11-13(19)6-7-14(15)20)18(25)21-9-8-17-23-22-16-5-3-2-4-10-24(16)17/h6-7,11-12H,2-5,8-10H2,1H3,(H,21,25)/t12-/m0/s1. The summed E-state index contributed by atoms with van der Waals surface area (Å²) in [5, 5.41) is 12.5. The third kappa shape index (κ3) is 4.93. The second-order valence-corrected chi connectivity index (χ2v) is 8.60. The molecule has 1 amide bonds. The van der Waals surface area contributed by atoms with Crippen LogP contribution in [0.25, 0.3) is 0 Å². The minimum absolute atomic E-state index is 0.0263. The molecule has 1 aromatic carbocycles. The summed E-state index contributed by atoms with van der Waals surface area (Å²) < 4.78 is 2.21. The van der Waals surface area contributed by atoms with Crippen LogP contribution in [0.5, 0.6) is 0 Å². The highest BCUT2D eigenvalue weighted by molar-refractivity contribution is 8.00. The summed E-state index contributed by atoms with van der Waals surface area (Å²) in [6, 6.07) is 5.26. The number of thioether (sulfide) groups is 1. The van der Waals surface area contributed by atoms with E-state index in [-0.39, 0.29) is 11.2 Å². The van der Waals surface area contributed by atoms with E-state index in [1.807, 2.05) is 6.92 Å². The third-order valence-electron chi connectivity index (χ3n) is 4.40. The van der Waals surface area contributed by atoms with E-state index in [2.05, 4.69) is 20.1 Å². The van der Waals surface area contributed by atoms with E-state index in [9.17, 15) is 4.79 Å². The van der Waals surface area contributed by atoms with Crippen molar-refractivity contribution in [1.29, 1.82) is 0 Å². The number of hydrogen-bond acceptors (Lipinski definition) is 4. The number of amides is 1. The number of aromatic nitrogens is 3. The Labute approximate surface area is 167 Å². The van der Waals surface area contributed by atoms with E-state index in [1.165, 1.54) is 31.0 Å². The summed E-state index contributed by atoms with van der Waals surface area (Å²) in [6.07, 6.45) is 5.26. The number of benzene rings is 1. The first-order chi connectivity index (χ1) is 12.5. The van der Waals surface area contributed by atoms with Gasteiger partial charge in [-0.05, 0) is 38.0 Å². The summed E-state index contributed by atoms with van der Waals surface area (Å²) in [5.74, 6) is 2.00. The molecule has 8 heteroatoms. The lowest BCUT2D eigenvalue weighted by Crippen LogP contribution is -2.32. The van der Waals surface area contributed by atoms with E-state index >= 15 is 0 Å². The molecule has 0 fully saturated rings. The highest BCUT2D eigenvalue weighted by Gasteiger charge is 2.18. The first kappa shape index (κ1) is 19.5. The van der Waals surface area contributed by atoms with Crippen molar-refractivity contribution in [3.63, 3.8) is 0 Å². The number of hydrogen-bond donors (Lipinski definition) is 1. The monoisotopic (exact) mass is 412 g/mol. The number of rotatable bonds is 6. The average Bonchev–Trinajstić information content (AvgIpc) is 2.85. The molecule has 0 spiro atoms. The first-order valence-corrected chi connectivity index (χ1v) is 10.5. The van der Waals surface area contributed by atoms with Crippen LogP contribution in [0.15, 0.2) is 23.1 Å². The molecule has 0 aliphatic carbocycles. The Morgan fingerprint density at radius 3 is 3.00 bits per heavy atom. The van der Waals surface area contributed by atoms with Crippen molar-refractivity contribution in [2.45, 2.75) is 55.7 Å². The maximum atomic E-state index is 12.4. The predicted molar refractivity (Wildman–Crippen MR) is 106 cm³/mol. The van der Waals surface area contributed by atoms with Gasteiger partial charge in [-0.1, -0.05) is 29.6 Å². The van der Waals surface area contributed by atoms with Crippen LogP contribution in [-0.2, 0) is 24.2 Å². The molecule has 1 aliphatic rings. The van der Waals surface area contributed by atoms with Crippen LogP contribution in [0, 0.1) is 0 Å². The number of fused-ring (bicyclic) bond motifs is 1. The predicted octanol–water partition coefficient (Wildman–Crippen LogP) is 4.15.